The van der Waals surface area contributed by atoms with Gasteiger partial charge >= 0.3 is 6.18 Å². The Bertz CT molecular complexity index is 556. The fourth-order valence-electron chi connectivity index (χ4n) is 2.69. The summed E-state index contributed by atoms with van der Waals surface area (Å²) in [6.07, 6.45) is 0.619. The number of nitrogens with zero attached hydrogens (tertiary/aromatic N) is 4. The minimum atomic E-state index is -4.67. The second-order valence-electron chi connectivity index (χ2n) is 5.67. The van der Waals surface area contributed by atoms with Crippen molar-refractivity contribution < 1.29 is 18.0 Å². The van der Waals surface area contributed by atoms with Crippen LogP contribution in [0.5, 0.6) is 0 Å². The lowest BCUT2D eigenvalue weighted by Crippen LogP contribution is -2.42. The lowest BCUT2D eigenvalue weighted by atomic mass is 9.94. The molecule has 1 aliphatic carbocycles. The fraction of sp³-hybridized carbons (Fsp3) is 0.769. The number of hydrogen-bond acceptors (Lipinski definition) is 5. The lowest BCUT2D eigenvalue weighted by Gasteiger charge is -2.32. The molecule has 1 atom stereocenters. The molecule has 1 aromatic rings. The number of carbonyl (C=O) groups is 1. The van der Waals surface area contributed by atoms with Crippen LogP contribution < -0.4 is 5.84 Å². The van der Waals surface area contributed by atoms with Crippen molar-refractivity contribution in [3.8, 4) is 0 Å². The van der Waals surface area contributed by atoms with E-state index >= 15 is 0 Å². The van der Waals surface area contributed by atoms with Gasteiger partial charge < -0.3 is 10.7 Å². The van der Waals surface area contributed by atoms with Crippen LogP contribution in [0.2, 0.25) is 0 Å². The number of halogens is 3. The summed E-state index contributed by atoms with van der Waals surface area (Å²) in [6.45, 7) is 1.63. The van der Waals surface area contributed by atoms with Crippen LogP contribution in [0.1, 0.15) is 44.9 Å². The first-order chi connectivity index (χ1) is 10.7. The van der Waals surface area contributed by atoms with Gasteiger partial charge in [-0.3, -0.25) is 4.79 Å². The zero-order valence-corrected chi connectivity index (χ0v) is 13.8. The average Bonchev–Trinajstić information content (AvgIpc) is 2.87. The van der Waals surface area contributed by atoms with Gasteiger partial charge in [-0.1, -0.05) is 31.0 Å². The van der Waals surface area contributed by atoms with Crippen LogP contribution in [-0.4, -0.2) is 44.0 Å². The first kappa shape index (κ1) is 17.9. The summed E-state index contributed by atoms with van der Waals surface area (Å²) >= 11 is 0.881. The number of thioether (sulfide) groups is 1. The summed E-state index contributed by atoms with van der Waals surface area (Å²) in [5.41, 5.74) is 0. The van der Waals surface area contributed by atoms with E-state index in [1.807, 2.05) is 0 Å². The van der Waals surface area contributed by atoms with Crippen molar-refractivity contribution in [2.45, 2.75) is 61.7 Å². The molecule has 2 rings (SSSR count). The van der Waals surface area contributed by atoms with E-state index in [1.165, 1.54) is 6.42 Å². The number of aromatic nitrogens is 3. The van der Waals surface area contributed by atoms with E-state index in [0.29, 0.717) is 4.68 Å². The second-order valence-corrected chi connectivity index (χ2v) is 6.98. The van der Waals surface area contributed by atoms with E-state index in [9.17, 15) is 18.0 Å². The van der Waals surface area contributed by atoms with Crippen LogP contribution in [-0.2, 0) is 11.0 Å². The summed E-state index contributed by atoms with van der Waals surface area (Å²) in [5, 5.41) is 5.77. The zero-order chi connectivity index (χ0) is 17.2. The summed E-state index contributed by atoms with van der Waals surface area (Å²) in [5.74, 6) is 3.96. The number of amides is 1. The van der Waals surface area contributed by atoms with Crippen molar-refractivity contribution >= 4 is 17.7 Å². The van der Waals surface area contributed by atoms with Crippen LogP contribution in [0.25, 0.3) is 0 Å². The number of nitrogens with two attached hydrogens (primary N) is 1. The Hall–Kier alpha value is -1.45. The van der Waals surface area contributed by atoms with E-state index in [4.69, 9.17) is 5.84 Å². The average molecular weight is 351 g/mol. The third-order valence-electron chi connectivity index (χ3n) is 4.02. The van der Waals surface area contributed by atoms with E-state index < -0.39 is 17.3 Å². The van der Waals surface area contributed by atoms with E-state index in [2.05, 4.69) is 10.2 Å². The monoisotopic (exact) mass is 351 g/mol. The van der Waals surface area contributed by atoms with Gasteiger partial charge in [-0.25, -0.2) is 4.68 Å². The maximum Gasteiger partial charge on any atom is 0.453 e. The molecule has 0 aromatic carbocycles. The molecule has 6 nitrogen and oxygen atoms in total. The minimum absolute atomic E-state index is 0.129. The van der Waals surface area contributed by atoms with Gasteiger partial charge in [0.05, 0.1) is 5.25 Å². The third kappa shape index (κ3) is 4.10. The molecule has 0 bridgehead atoms. The summed E-state index contributed by atoms with van der Waals surface area (Å²) in [6, 6.07) is 0.195. The number of alkyl halides is 3. The molecule has 0 saturated heterocycles. The molecule has 0 spiro atoms. The summed E-state index contributed by atoms with van der Waals surface area (Å²) < 4.78 is 38.3. The predicted molar refractivity (Wildman–Crippen MR) is 80.1 cm³/mol. The van der Waals surface area contributed by atoms with Gasteiger partial charge in [-0.15, -0.1) is 10.2 Å². The molecule has 23 heavy (non-hydrogen) atoms. The SMILES string of the molecule is CC(Sc1nnc(C(F)(F)F)n1N)C(=O)N(C)C1CCCCC1. The highest BCUT2D eigenvalue weighted by molar-refractivity contribution is 8.00. The molecule has 0 aliphatic heterocycles. The molecule has 2 N–H and O–H groups in total. The maximum absolute atomic E-state index is 12.6. The third-order valence-corrected chi connectivity index (χ3v) is 5.06. The molecule has 1 saturated carbocycles. The molecule has 0 radical (unpaired) electrons. The van der Waals surface area contributed by atoms with Crippen LogP contribution in [0.15, 0.2) is 5.16 Å². The van der Waals surface area contributed by atoms with Gasteiger partial charge in [0.1, 0.15) is 0 Å². The summed E-state index contributed by atoms with van der Waals surface area (Å²) in [4.78, 5) is 14.1. The molecular formula is C13H20F3N5OS. The molecule has 1 unspecified atom stereocenters. The van der Waals surface area contributed by atoms with E-state index in [0.717, 1.165) is 37.4 Å². The Morgan fingerprint density at radius 3 is 2.48 bits per heavy atom. The smallest absolute Gasteiger partial charge is 0.342 e. The Labute approximate surface area is 136 Å². The van der Waals surface area contributed by atoms with Gasteiger partial charge in [-0.2, -0.15) is 13.2 Å². The van der Waals surface area contributed by atoms with Gasteiger partial charge in [0.25, 0.3) is 5.82 Å². The molecule has 1 amide bonds. The molecule has 10 heteroatoms. The highest BCUT2D eigenvalue weighted by atomic mass is 32.2. The van der Waals surface area contributed by atoms with Crippen LogP contribution >= 0.6 is 11.8 Å². The van der Waals surface area contributed by atoms with Crippen molar-refractivity contribution in [2.24, 2.45) is 0 Å². The lowest BCUT2D eigenvalue weighted by molar-refractivity contribution is -0.146. The Kier molecular flexibility index (Phi) is 5.43. The van der Waals surface area contributed by atoms with Gasteiger partial charge in [0.15, 0.2) is 0 Å². The van der Waals surface area contributed by atoms with Crippen LogP contribution in [0.4, 0.5) is 13.2 Å². The standard InChI is InChI=1S/C13H20F3N5OS/c1-8(10(22)20(2)9-6-4-3-5-7-9)23-12-19-18-11(21(12)17)13(14,15)16/h8-9H,3-7,17H2,1-2H3. The van der Waals surface area contributed by atoms with E-state index in [1.54, 1.807) is 18.9 Å². The zero-order valence-electron chi connectivity index (χ0n) is 13.0. The van der Waals surface area contributed by atoms with E-state index in [-0.39, 0.29) is 17.1 Å². The van der Waals surface area contributed by atoms with Crippen molar-refractivity contribution in [3.63, 3.8) is 0 Å². The normalized spacial score (nSPS) is 18.0. The first-order valence-corrected chi connectivity index (χ1v) is 8.30. The Morgan fingerprint density at radius 2 is 1.96 bits per heavy atom. The molecule has 1 aromatic heterocycles. The van der Waals surface area contributed by atoms with Crippen molar-refractivity contribution in [1.82, 2.24) is 19.8 Å². The topological polar surface area (TPSA) is 77.0 Å². The molecular weight excluding hydrogens is 331 g/mol. The van der Waals surface area contributed by atoms with Gasteiger partial charge in [0.2, 0.25) is 11.1 Å². The number of rotatable bonds is 4. The van der Waals surface area contributed by atoms with Gasteiger partial charge in [0, 0.05) is 13.1 Å². The second kappa shape index (κ2) is 6.98. The summed E-state index contributed by atoms with van der Waals surface area (Å²) in [7, 11) is 1.74. The minimum Gasteiger partial charge on any atom is -0.342 e. The van der Waals surface area contributed by atoms with Crippen molar-refractivity contribution in [2.75, 3.05) is 12.9 Å². The fourth-order valence-corrected chi connectivity index (χ4v) is 3.57. The molecule has 1 fully saturated rings. The van der Waals surface area contributed by atoms with Crippen LogP contribution in [0, 0.1) is 0 Å². The number of hydrogen-bond donors (Lipinski definition) is 1. The van der Waals surface area contributed by atoms with Crippen molar-refractivity contribution in [1.29, 1.82) is 0 Å². The van der Waals surface area contributed by atoms with Crippen molar-refractivity contribution in [3.05, 3.63) is 5.82 Å². The Balaban J connectivity index is 2.02. The molecule has 130 valence electrons. The van der Waals surface area contributed by atoms with Crippen LogP contribution in [0.3, 0.4) is 0 Å². The first-order valence-electron chi connectivity index (χ1n) is 7.43. The largest absolute Gasteiger partial charge is 0.453 e. The molecule has 1 aliphatic rings. The Morgan fingerprint density at radius 1 is 1.35 bits per heavy atom. The number of nitrogen functional groups attached to an aromatic ring is 1. The quantitative estimate of drug-likeness (QED) is 0.665. The highest BCUT2D eigenvalue weighted by Crippen LogP contribution is 2.31. The highest BCUT2D eigenvalue weighted by Gasteiger charge is 2.39. The predicted octanol–water partition coefficient (Wildman–Crippen LogP) is 2.28. The maximum atomic E-state index is 12.6. The molecule has 1 heterocycles. The van der Waals surface area contributed by atoms with Gasteiger partial charge in [-0.05, 0) is 19.8 Å². The number of carbonyl (C=O) groups excluding carboxylic acids is 1.